The van der Waals surface area contributed by atoms with E-state index in [1.807, 2.05) is 37.3 Å². The second kappa shape index (κ2) is 4.97. The largest absolute Gasteiger partial charge is 0.632 e. The highest BCUT2D eigenvalue weighted by Gasteiger charge is 2.18. The zero-order chi connectivity index (χ0) is 11.3. The molecule has 80 valence electrons. The fourth-order valence-corrected chi connectivity index (χ4v) is 1.49. The van der Waals surface area contributed by atoms with Crippen molar-refractivity contribution >= 4 is 0 Å². The first kappa shape index (κ1) is 11.8. The van der Waals surface area contributed by atoms with Crippen molar-refractivity contribution in [1.29, 1.82) is 0 Å². The van der Waals surface area contributed by atoms with Crippen molar-refractivity contribution in [3.8, 4) is 12.3 Å². The number of quaternary nitrogens is 1. The summed E-state index contributed by atoms with van der Waals surface area (Å²) in [5, 5.41) is 12.0. The van der Waals surface area contributed by atoms with E-state index in [-0.39, 0.29) is 17.2 Å². The Kier molecular flexibility index (Phi) is 3.90. The molecule has 1 aromatic carbocycles. The molecule has 2 unspecified atom stereocenters. The lowest BCUT2D eigenvalue weighted by molar-refractivity contribution is -0.877. The summed E-state index contributed by atoms with van der Waals surface area (Å²) < 4.78 is -0.370. The maximum absolute atomic E-state index is 12.0. The van der Waals surface area contributed by atoms with Crippen LogP contribution in [-0.2, 0) is 6.42 Å². The van der Waals surface area contributed by atoms with Gasteiger partial charge in [-0.2, -0.15) is 0 Å². The van der Waals surface area contributed by atoms with Gasteiger partial charge in [-0.25, -0.2) is 0 Å². The second-order valence-corrected chi connectivity index (χ2v) is 4.08. The van der Waals surface area contributed by atoms with E-state index in [9.17, 15) is 5.21 Å². The van der Waals surface area contributed by atoms with Crippen LogP contribution in [0.3, 0.4) is 0 Å². The Morgan fingerprint density at radius 2 is 2.00 bits per heavy atom. The summed E-state index contributed by atoms with van der Waals surface area (Å²) in [7, 11) is 1.63. The van der Waals surface area contributed by atoms with Gasteiger partial charge in [0.2, 0.25) is 0 Å². The summed E-state index contributed by atoms with van der Waals surface area (Å²) in [5.41, 5.74) is 1.18. The van der Waals surface area contributed by atoms with Gasteiger partial charge in [0.15, 0.2) is 0 Å². The molecule has 15 heavy (non-hydrogen) atoms. The summed E-state index contributed by atoms with van der Waals surface area (Å²) in [6.07, 6.45) is 5.95. The fourth-order valence-electron chi connectivity index (χ4n) is 1.49. The first-order valence-corrected chi connectivity index (χ1v) is 5.10. The van der Waals surface area contributed by atoms with E-state index in [1.165, 1.54) is 5.56 Å². The van der Waals surface area contributed by atoms with Gasteiger partial charge in [0.25, 0.3) is 0 Å². The van der Waals surface area contributed by atoms with Crippen molar-refractivity contribution in [3.05, 3.63) is 41.1 Å². The molecule has 0 saturated heterocycles. The van der Waals surface area contributed by atoms with Crippen LogP contribution in [0.4, 0.5) is 0 Å². The molecule has 0 amide bonds. The third kappa shape index (κ3) is 3.39. The smallest absolute Gasteiger partial charge is 0.140 e. The normalized spacial score (nSPS) is 16.4. The van der Waals surface area contributed by atoms with E-state index < -0.39 is 0 Å². The maximum atomic E-state index is 12.0. The topological polar surface area (TPSA) is 23.1 Å². The zero-order valence-electron chi connectivity index (χ0n) is 9.31. The number of rotatable bonds is 4. The predicted molar refractivity (Wildman–Crippen MR) is 62.9 cm³/mol. The molecule has 2 nitrogen and oxygen atoms in total. The van der Waals surface area contributed by atoms with Gasteiger partial charge in [-0.1, -0.05) is 30.3 Å². The Balaban J connectivity index is 2.64. The summed E-state index contributed by atoms with van der Waals surface area (Å²) in [6, 6.07) is 10.00. The minimum Gasteiger partial charge on any atom is -0.632 e. The van der Waals surface area contributed by atoms with E-state index in [4.69, 9.17) is 6.42 Å². The van der Waals surface area contributed by atoms with Crippen molar-refractivity contribution in [2.24, 2.45) is 0 Å². The number of hydroxylamine groups is 3. The van der Waals surface area contributed by atoms with Gasteiger partial charge in [0, 0.05) is 6.42 Å². The van der Waals surface area contributed by atoms with Gasteiger partial charge < -0.3 is 9.85 Å². The number of hydrogen-bond acceptors (Lipinski definition) is 1. The lowest BCUT2D eigenvalue weighted by atomic mass is 10.1. The van der Waals surface area contributed by atoms with Crippen LogP contribution in [0.2, 0.25) is 0 Å². The van der Waals surface area contributed by atoms with Crippen LogP contribution in [0.1, 0.15) is 12.5 Å². The molecule has 0 heterocycles. The number of terminal acetylenes is 1. The molecular weight excluding hydrogens is 186 g/mol. The molecule has 2 heteroatoms. The van der Waals surface area contributed by atoms with Gasteiger partial charge in [0.05, 0.1) is 13.1 Å². The molecule has 0 aliphatic carbocycles. The Bertz CT molecular complexity index is 337. The molecule has 0 fully saturated rings. The van der Waals surface area contributed by atoms with Gasteiger partial charge in [-0.05, 0) is 18.4 Å². The van der Waals surface area contributed by atoms with Crippen molar-refractivity contribution in [1.82, 2.24) is 0 Å². The predicted octanol–water partition coefficient (Wildman–Crippen LogP) is 2.20. The number of hydrogen-bond donors (Lipinski definition) is 0. The summed E-state index contributed by atoms with van der Waals surface area (Å²) in [6.45, 7) is 2.17. The second-order valence-electron chi connectivity index (χ2n) is 4.08. The molecule has 0 N–H and O–H groups in total. The third-order valence-electron chi connectivity index (χ3n) is 2.71. The highest BCUT2D eigenvalue weighted by Crippen LogP contribution is 2.13. The number of benzene rings is 1. The summed E-state index contributed by atoms with van der Waals surface area (Å²) >= 11 is 0. The van der Waals surface area contributed by atoms with Gasteiger partial charge in [-0.15, -0.1) is 6.42 Å². The Labute approximate surface area is 91.7 Å². The van der Waals surface area contributed by atoms with Gasteiger partial charge in [-0.3, -0.25) is 0 Å². The SMILES string of the molecule is C#CC[N+](C)([O-])C(C)Cc1ccccc1. The fraction of sp³-hybridized carbons (Fsp3) is 0.385. The van der Waals surface area contributed by atoms with Crippen LogP contribution in [0.15, 0.2) is 30.3 Å². The molecule has 0 aromatic heterocycles. The average Bonchev–Trinajstić information content (AvgIpc) is 2.19. The third-order valence-corrected chi connectivity index (χ3v) is 2.71. The molecule has 0 aliphatic rings. The van der Waals surface area contributed by atoms with Crippen molar-refractivity contribution in [2.45, 2.75) is 19.4 Å². The van der Waals surface area contributed by atoms with Crippen LogP contribution in [0, 0.1) is 17.6 Å². The molecule has 0 saturated carbocycles. The zero-order valence-corrected chi connectivity index (χ0v) is 9.31. The highest BCUT2D eigenvalue weighted by molar-refractivity contribution is 5.15. The maximum Gasteiger partial charge on any atom is 0.140 e. The number of likely N-dealkylation sites (N-methyl/N-ethyl adjacent to an activating group) is 1. The lowest BCUT2D eigenvalue weighted by Crippen LogP contribution is -2.46. The molecule has 0 aliphatic heterocycles. The molecular formula is C13H17NO. The first-order valence-electron chi connectivity index (χ1n) is 5.10. The molecule has 1 aromatic rings. The minimum absolute atomic E-state index is 0.0107. The van der Waals surface area contributed by atoms with E-state index in [2.05, 4.69) is 5.92 Å². The highest BCUT2D eigenvalue weighted by atomic mass is 16.5. The first-order chi connectivity index (χ1) is 7.06. The molecule has 0 spiro atoms. The molecule has 2 atom stereocenters. The Morgan fingerprint density at radius 1 is 1.40 bits per heavy atom. The standard InChI is InChI=1S/C13H17NO/c1-4-10-14(3,15)12(2)11-13-8-6-5-7-9-13/h1,5-9,12H,10-11H2,2-3H3. The molecule has 0 radical (unpaired) electrons. The summed E-state index contributed by atoms with van der Waals surface area (Å²) in [5.74, 6) is 2.43. The molecule has 1 rings (SSSR count). The van der Waals surface area contributed by atoms with Crippen LogP contribution in [0.25, 0.3) is 0 Å². The van der Waals surface area contributed by atoms with Crippen LogP contribution >= 0.6 is 0 Å². The van der Waals surface area contributed by atoms with Gasteiger partial charge in [0.1, 0.15) is 6.54 Å². The van der Waals surface area contributed by atoms with Crippen molar-refractivity contribution < 1.29 is 4.65 Å². The van der Waals surface area contributed by atoms with E-state index in [0.717, 1.165) is 6.42 Å². The molecule has 0 bridgehead atoms. The van der Waals surface area contributed by atoms with Crippen LogP contribution in [-0.4, -0.2) is 24.3 Å². The minimum atomic E-state index is -0.370. The quantitative estimate of drug-likeness (QED) is 0.418. The van der Waals surface area contributed by atoms with E-state index in [0.29, 0.717) is 0 Å². The van der Waals surface area contributed by atoms with Crippen molar-refractivity contribution in [3.63, 3.8) is 0 Å². The van der Waals surface area contributed by atoms with E-state index >= 15 is 0 Å². The van der Waals surface area contributed by atoms with Crippen molar-refractivity contribution in [2.75, 3.05) is 13.6 Å². The Hall–Kier alpha value is -1.30. The lowest BCUT2D eigenvalue weighted by Gasteiger charge is -2.42. The van der Waals surface area contributed by atoms with E-state index in [1.54, 1.807) is 7.05 Å². The van der Waals surface area contributed by atoms with Crippen LogP contribution < -0.4 is 0 Å². The Morgan fingerprint density at radius 3 is 2.53 bits per heavy atom. The summed E-state index contributed by atoms with van der Waals surface area (Å²) in [4.78, 5) is 0. The van der Waals surface area contributed by atoms with Crippen LogP contribution in [0.5, 0.6) is 0 Å². The number of nitrogens with zero attached hydrogens (tertiary/aromatic N) is 1. The average molecular weight is 203 g/mol. The monoisotopic (exact) mass is 203 g/mol. The van der Waals surface area contributed by atoms with Gasteiger partial charge >= 0.3 is 0 Å².